The van der Waals surface area contributed by atoms with Gasteiger partial charge in [-0.1, -0.05) is 65.7 Å². The first kappa shape index (κ1) is 22.3. The Morgan fingerprint density at radius 1 is 1.00 bits per heavy atom. The SMILES string of the molecule is CN(Cc1ccc(C(=O)NCc2cccc(Cl)c2)cc1)c1nc(-c2ccccc2Cl)cs1. The van der Waals surface area contributed by atoms with Gasteiger partial charge >= 0.3 is 0 Å². The number of rotatable bonds is 7. The van der Waals surface area contributed by atoms with Gasteiger partial charge in [-0.25, -0.2) is 4.98 Å². The number of hydrogen-bond donors (Lipinski definition) is 1. The lowest BCUT2D eigenvalue weighted by Crippen LogP contribution is -2.23. The maximum absolute atomic E-state index is 12.4. The smallest absolute Gasteiger partial charge is 0.251 e. The van der Waals surface area contributed by atoms with Gasteiger partial charge in [0.25, 0.3) is 5.91 Å². The molecule has 32 heavy (non-hydrogen) atoms. The lowest BCUT2D eigenvalue weighted by atomic mass is 10.1. The van der Waals surface area contributed by atoms with E-state index in [1.807, 2.05) is 85.2 Å². The van der Waals surface area contributed by atoms with Crippen molar-refractivity contribution in [3.63, 3.8) is 0 Å². The second-order valence-electron chi connectivity index (χ2n) is 7.36. The Morgan fingerprint density at radius 2 is 1.78 bits per heavy atom. The van der Waals surface area contributed by atoms with E-state index in [9.17, 15) is 4.79 Å². The third-order valence-corrected chi connectivity index (χ3v) is 6.47. The summed E-state index contributed by atoms with van der Waals surface area (Å²) in [5, 5.41) is 7.19. The average molecular weight is 482 g/mol. The molecule has 1 amide bonds. The van der Waals surface area contributed by atoms with Gasteiger partial charge in [0.1, 0.15) is 0 Å². The van der Waals surface area contributed by atoms with Crippen molar-refractivity contribution in [3.05, 3.63) is 105 Å². The van der Waals surface area contributed by atoms with Crippen molar-refractivity contribution in [1.29, 1.82) is 0 Å². The molecule has 1 aromatic heterocycles. The van der Waals surface area contributed by atoms with Crippen molar-refractivity contribution in [2.24, 2.45) is 0 Å². The van der Waals surface area contributed by atoms with Gasteiger partial charge in [-0.2, -0.15) is 0 Å². The Labute approximate surface area is 201 Å². The number of nitrogens with one attached hydrogen (secondary N) is 1. The number of aromatic nitrogens is 1. The first-order chi connectivity index (χ1) is 15.5. The Morgan fingerprint density at radius 3 is 2.53 bits per heavy atom. The van der Waals surface area contributed by atoms with Crippen LogP contribution in [0.3, 0.4) is 0 Å². The highest BCUT2D eigenvalue weighted by molar-refractivity contribution is 7.14. The summed E-state index contributed by atoms with van der Waals surface area (Å²) < 4.78 is 0. The van der Waals surface area contributed by atoms with Crippen molar-refractivity contribution in [3.8, 4) is 11.3 Å². The molecular weight excluding hydrogens is 461 g/mol. The minimum absolute atomic E-state index is 0.116. The zero-order chi connectivity index (χ0) is 22.5. The molecule has 0 bridgehead atoms. The molecule has 0 atom stereocenters. The van der Waals surface area contributed by atoms with Crippen molar-refractivity contribution in [2.75, 3.05) is 11.9 Å². The van der Waals surface area contributed by atoms with Crippen molar-refractivity contribution in [2.45, 2.75) is 13.1 Å². The fraction of sp³-hybridized carbons (Fsp3) is 0.120. The monoisotopic (exact) mass is 481 g/mol. The molecule has 0 saturated carbocycles. The molecule has 7 heteroatoms. The van der Waals surface area contributed by atoms with E-state index in [2.05, 4.69) is 10.2 Å². The molecule has 0 unspecified atom stereocenters. The highest BCUT2D eigenvalue weighted by atomic mass is 35.5. The van der Waals surface area contributed by atoms with Crippen LogP contribution in [0, 0.1) is 0 Å². The summed E-state index contributed by atoms with van der Waals surface area (Å²) in [6.45, 7) is 1.11. The molecule has 0 aliphatic rings. The Bertz CT molecular complexity index is 1220. The number of nitrogens with zero attached hydrogens (tertiary/aromatic N) is 2. The average Bonchev–Trinajstić information content (AvgIpc) is 3.29. The zero-order valence-corrected chi connectivity index (χ0v) is 19.7. The van der Waals surface area contributed by atoms with Gasteiger partial charge in [0, 0.05) is 46.7 Å². The van der Waals surface area contributed by atoms with Crippen LogP contribution in [0.2, 0.25) is 10.0 Å². The minimum Gasteiger partial charge on any atom is -0.348 e. The number of amides is 1. The quantitative estimate of drug-likeness (QED) is 0.320. The standard InChI is InChI=1S/C25H21Cl2N3OS/c1-30(25-29-23(16-32-25)21-7-2-3-8-22(21)27)15-17-9-11-19(12-10-17)24(31)28-14-18-5-4-6-20(26)13-18/h2-13,16H,14-15H2,1H3,(H,28,31). The number of carbonyl (C=O) groups excluding carboxylic acids is 1. The van der Waals surface area contributed by atoms with Crippen LogP contribution < -0.4 is 10.2 Å². The number of thiazole rings is 1. The lowest BCUT2D eigenvalue weighted by Gasteiger charge is -2.16. The van der Waals surface area contributed by atoms with E-state index >= 15 is 0 Å². The van der Waals surface area contributed by atoms with E-state index in [1.54, 1.807) is 11.3 Å². The van der Waals surface area contributed by atoms with E-state index in [1.165, 1.54) is 0 Å². The summed E-state index contributed by atoms with van der Waals surface area (Å²) in [5.74, 6) is -0.116. The van der Waals surface area contributed by atoms with Crippen LogP contribution in [0.4, 0.5) is 5.13 Å². The fourth-order valence-electron chi connectivity index (χ4n) is 3.27. The molecule has 0 radical (unpaired) electrons. The van der Waals surface area contributed by atoms with Gasteiger partial charge in [-0.05, 0) is 41.5 Å². The molecule has 1 N–H and O–H groups in total. The van der Waals surface area contributed by atoms with Crippen LogP contribution in [0.1, 0.15) is 21.5 Å². The second-order valence-corrected chi connectivity index (χ2v) is 9.04. The molecule has 4 rings (SSSR count). The van der Waals surface area contributed by atoms with Crippen molar-refractivity contribution < 1.29 is 4.79 Å². The van der Waals surface area contributed by atoms with Gasteiger partial charge in [0.15, 0.2) is 5.13 Å². The normalized spacial score (nSPS) is 10.7. The number of benzene rings is 3. The molecule has 0 saturated heterocycles. The highest BCUT2D eigenvalue weighted by Gasteiger charge is 2.12. The van der Waals surface area contributed by atoms with Gasteiger partial charge in [-0.3, -0.25) is 4.79 Å². The van der Waals surface area contributed by atoms with E-state index in [4.69, 9.17) is 28.2 Å². The molecular formula is C25H21Cl2N3OS. The minimum atomic E-state index is -0.116. The van der Waals surface area contributed by atoms with Crippen LogP contribution in [0.15, 0.2) is 78.2 Å². The fourth-order valence-corrected chi connectivity index (χ4v) is 4.50. The van der Waals surface area contributed by atoms with E-state index in [0.29, 0.717) is 28.7 Å². The van der Waals surface area contributed by atoms with Gasteiger partial charge in [0.05, 0.1) is 5.69 Å². The number of hydrogen-bond acceptors (Lipinski definition) is 4. The summed E-state index contributed by atoms with van der Waals surface area (Å²) in [7, 11) is 2.00. The lowest BCUT2D eigenvalue weighted by molar-refractivity contribution is 0.0951. The second kappa shape index (κ2) is 10.2. The van der Waals surface area contributed by atoms with Gasteiger partial charge < -0.3 is 10.2 Å². The molecule has 4 aromatic rings. The van der Waals surface area contributed by atoms with Crippen LogP contribution >= 0.6 is 34.5 Å². The molecule has 162 valence electrons. The topological polar surface area (TPSA) is 45.2 Å². The molecule has 0 fully saturated rings. The van der Waals surface area contributed by atoms with Crippen LogP contribution in [0.5, 0.6) is 0 Å². The van der Waals surface area contributed by atoms with Crippen LogP contribution in [-0.2, 0) is 13.1 Å². The molecule has 0 aliphatic heterocycles. The summed E-state index contributed by atoms with van der Waals surface area (Å²) in [6, 6.07) is 22.8. The first-order valence-corrected chi connectivity index (χ1v) is 11.7. The van der Waals surface area contributed by atoms with Gasteiger partial charge in [0.2, 0.25) is 0 Å². The molecule has 3 aromatic carbocycles. The highest BCUT2D eigenvalue weighted by Crippen LogP contribution is 2.31. The van der Waals surface area contributed by atoms with E-state index in [-0.39, 0.29) is 5.91 Å². The predicted molar refractivity (Wildman–Crippen MR) is 134 cm³/mol. The predicted octanol–water partition coefficient (Wildman–Crippen LogP) is 6.68. The molecule has 0 aliphatic carbocycles. The Hall–Kier alpha value is -2.86. The first-order valence-electron chi connectivity index (χ1n) is 10.0. The summed E-state index contributed by atoms with van der Waals surface area (Å²) in [5.41, 5.74) is 4.47. The number of anilines is 1. The van der Waals surface area contributed by atoms with Crippen LogP contribution in [0.25, 0.3) is 11.3 Å². The van der Waals surface area contributed by atoms with E-state index in [0.717, 1.165) is 27.5 Å². The summed E-state index contributed by atoms with van der Waals surface area (Å²) in [6.07, 6.45) is 0. The third kappa shape index (κ3) is 5.49. The maximum Gasteiger partial charge on any atom is 0.251 e. The maximum atomic E-state index is 12.4. The zero-order valence-electron chi connectivity index (χ0n) is 17.4. The molecule has 4 nitrogen and oxygen atoms in total. The number of halogens is 2. The van der Waals surface area contributed by atoms with Crippen molar-refractivity contribution in [1.82, 2.24) is 10.3 Å². The number of carbonyl (C=O) groups is 1. The Balaban J connectivity index is 1.36. The van der Waals surface area contributed by atoms with E-state index < -0.39 is 0 Å². The molecule has 0 spiro atoms. The largest absolute Gasteiger partial charge is 0.348 e. The molecule has 1 heterocycles. The summed E-state index contributed by atoms with van der Waals surface area (Å²) in [4.78, 5) is 19.3. The van der Waals surface area contributed by atoms with Crippen molar-refractivity contribution >= 4 is 45.6 Å². The summed E-state index contributed by atoms with van der Waals surface area (Å²) >= 11 is 13.9. The van der Waals surface area contributed by atoms with Crippen LogP contribution in [-0.4, -0.2) is 17.9 Å². The Kier molecular flexibility index (Phi) is 7.10. The van der Waals surface area contributed by atoms with Gasteiger partial charge in [-0.15, -0.1) is 11.3 Å². The third-order valence-electron chi connectivity index (χ3n) is 4.95.